The topological polar surface area (TPSA) is 106 Å². The molecule has 94 valence electrons. The maximum Gasteiger partial charge on any atom is 0.325 e. The van der Waals surface area contributed by atoms with Gasteiger partial charge in [-0.05, 0) is 6.92 Å². The zero-order chi connectivity index (χ0) is 12.7. The Bertz CT molecular complexity index is 393. The van der Waals surface area contributed by atoms with E-state index in [0.717, 1.165) is 0 Å². The van der Waals surface area contributed by atoms with Crippen LogP contribution < -0.4 is 16.4 Å². The van der Waals surface area contributed by atoms with Crippen molar-refractivity contribution in [1.29, 1.82) is 0 Å². The molecule has 0 unspecified atom stereocenters. The van der Waals surface area contributed by atoms with Gasteiger partial charge in [-0.2, -0.15) is 0 Å². The van der Waals surface area contributed by atoms with Crippen molar-refractivity contribution in [2.75, 3.05) is 18.9 Å². The molecule has 0 aliphatic carbocycles. The summed E-state index contributed by atoms with van der Waals surface area (Å²) in [6.07, 6.45) is 0. The van der Waals surface area contributed by atoms with E-state index in [1.807, 2.05) is 0 Å². The Morgan fingerprint density at radius 1 is 1.53 bits per heavy atom. The van der Waals surface area contributed by atoms with Crippen LogP contribution in [0.1, 0.15) is 11.9 Å². The first-order valence-electron chi connectivity index (χ1n) is 4.99. The number of carbonyl (C=O) groups excluding carboxylic acids is 2. The van der Waals surface area contributed by atoms with Crippen molar-refractivity contribution >= 4 is 29.2 Å². The van der Waals surface area contributed by atoms with Crippen LogP contribution in [-0.2, 0) is 16.1 Å². The number of thiazole rings is 1. The molecule has 0 fully saturated rings. The third kappa shape index (κ3) is 5.16. The third-order valence-electron chi connectivity index (χ3n) is 1.67. The number of carbonyl (C=O) groups is 2. The number of nitrogen functional groups attached to an aromatic ring is 1. The molecular formula is C9H14N4O3S. The minimum absolute atomic E-state index is 0.153. The number of nitrogens with two attached hydrogens (primary N) is 1. The van der Waals surface area contributed by atoms with E-state index in [4.69, 9.17) is 5.73 Å². The number of nitrogens with one attached hydrogen (secondary N) is 2. The maximum absolute atomic E-state index is 11.2. The van der Waals surface area contributed by atoms with Crippen LogP contribution in [0.2, 0.25) is 0 Å². The summed E-state index contributed by atoms with van der Waals surface area (Å²) in [6.45, 7) is 2.11. The Morgan fingerprint density at radius 3 is 2.88 bits per heavy atom. The van der Waals surface area contributed by atoms with Crippen LogP contribution in [0.25, 0.3) is 0 Å². The van der Waals surface area contributed by atoms with E-state index in [0.29, 0.717) is 17.4 Å². The van der Waals surface area contributed by atoms with Crippen molar-refractivity contribution < 1.29 is 14.3 Å². The summed E-state index contributed by atoms with van der Waals surface area (Å²) in [5.74, 6) is -0.0418. The second-order valence-electron chi connectivity index (χ2n) is 3.01. The van der Waals surface area contributed by atoms with Crippen LogP contribution >= 0.6 is 11.3 Å². The average Bonchev–Trinajstić information content (AvgIpc) is 2.70. The highest BCUT2D eigenvalue weighted by Gasteiger charge is 2.06. The molecule has 0 spiro atoms. The van der Waals surface area contributed by atoms with Crippen molar-refractivity contribution in [2.24, 2.45) is 0 Å². The van der Waals surface area contributed by atoms with Crippen molar-refractivity contribution in [3.05, 3.63) is 10.4 Å². The normalized spacial score (nSPS) is 9.71. The molecule has 0 atom stereocenters. The summed E-state index contributed by atoms with van der Waals surface area (Å²) in [6, 6.07) is -0.452. The maximum atomic E-state index is 11.2. The lowest BCUT2D eigenvalue weighted by Gasteiger charge is -2.05. The quantitative estimate of drug-likeness (QED) is 0.649. The van der Waals surface area contributed by atoms with Crippen LogP contribution in [0.3, 0.4) is 0 Å². The van der Waals surface area contributed by atoms with Crippen molar-refractivity contribution in [3.63, 3.8) is 0 Å². The molecule has 0 saturated heterocycles. The predicted molar refractivity (Wildman–Crippen MR) is 63.4 cm³/mol. The van der Waals surface area contributed by atoms with Crippen LogP contribution in [0.4, 0.5) is 10.6 Å². The van der Waals surface area contributed by atoms with Gasteiger partial charge in [0.1, 0.15) is 17.4 Å². The van der Waals surface area contributed by atoms with E-state index in [9.17, 15) is 9.59 Å². The molecule has 17 heavy (non-hydrogen) atoms. The number of nitrogens with zero attached hydrogens (tertiary/aromatic N) is 1. The van der Waals surface area contributed by atoms with Gasteiger partial charge in [0.2, 0.25) is 0 Å². The Labute approximate surface area is 102 Å². The van der Waals surface area contributed by atoms with Gasteiger partial charge >= 0.3 is 12.0 Å². The predicted octanol–water partition coefficient (Wildman–Crippen LogP) is 0.0876. The molecule has 1 aromatic heterocycles. The Morgan fingerprint density at radius 2 is 2.29 bits per heavy atom. The highest BCUT2D eigenvalue weighted by atomic mass is 32.1. The molecule has 4 N–H and O–H groups in total. The van der Waals surface area contributed by atoms with Crippen molar-refractivity contribution in [1.82, 2.24) is 15.6 Å². The van der Waals surface area contributed by atoms with Gasteiger partial charge in [-0.25, -0.2) is 9.78 Å². The Hall–Kier alpha value is -1.83. The van der Waals surface area contributed by atoms with Gasteiger partial charge < -0.3 is 21.1 Å². The number of aromatic nitrogens is 1. The standard InChI is InChI=1S/C9H14N4O3S/c1-2-16-8(14)4-12-9(15)11-3-7-13-6(10)5-17-7/h5H,2-4,10H2,1H3,(H2,11,12,15). The SMILES string of the molecule is CCOC(=O)CNC(=O)NCc1nc(N)cs1. The van der Waals surface area contributed by atoms with Gasteiger partial charge in [0.25, 0.3) is 0 Å². The lowest BCUT2D eigenvalue weighted by atomic mass is 10.6. The van der Waals surface area contributed by atoms with Crippen LogP contribution in [-0.4, -0.2) is 30.1 Å². The first kappa shape index (κ1) is 13.2. The number of hydrogen-bond donors (Lipinski definition) is 3. The second-order valence-corrected chi connectivity index (χ2v) is 3.95. The molecule has 1 aromatic rings. The molecule has 7 nitrogen and oxygen atoms in total. The Kier molecular flexibility index (Phi) is 5.21. The number of rotatable bonds is 5. The molecule has 0 radical (unpaired) electrons. The van der Waals surface area contributed by atoms with E-state index >= 15 is 0 Å². The monoisotopic (exact) mass is 258 g/mol. The van der Waals surface area contributed by atoms with Gasteiger partial charge in [-0.1, -0.05) is 0 Å². The number of amides is 2. The largest absolute Gasteiger partial charge is 0.465 e. The summed E-state index contributed by atoms with van der Waals surface area (Å²) >= 11 is 1.35. The lowest BCUT2D eigenvalue weighted by molar-refractivity contribution is -0.141. The summed E-state index contributed by atoms with van der Waals surface area (Å²) in [5, 5.41) is 7.30. The fourth-order valence-electron chi connectivity index (χ4n) is 0.989. The van der Waals surface area contributed by atoms with Gasteiger partial charge in [-0.3, -0.25) is 4.79 Å². The molecule has 8 heteroatoms. The van der Waals surface area contributed by atoms with Gasteiger partial charge in [0.15, 0.2) is 0 Å². The van der Waals surface area contributed by atoms with Crippen LogP contribution in [0, 0.1) is 0 Å². The highest BCUT2D eigenvalue weighted by molar-refractivity contribution is 7.10. The molecule has 0 aromatic carbocycles. The number of esters is 1. The molecular weight excluding hydrogens is 244 g/mol. The smallest absolute Gasteiger partial charge is 0.325 e. The van der Waals surface area contributed by atoms with E-state index < -0.39 is 12.0 Å². The summed E-state index contributed by atoms with van der Waals surface area (Å²) < 4.78 is 4.65. The van der Waals surface area contributed by atoms with Gasteiger partial charge in [0.05, 0.1) is 13.2 Å². The van der Waals surface area contributed by atoms with Gasteiger partial charge in [0, 0.05) is 5.38 Å². The molecule has 0 aliphatic heterocycles. The number of anilines is 1. The van der Waals surface area contributed by atoms with Crippen LogP contribution in [0.15, 0.2) is 5.38 Å². The average molecular weight is 258 g/mol. The highest BCUT2D eigenvalue weighted by Crippen LogP contribution is 2.09. The second kappa shape index (κ2) is 6.69. The Balaban J connectivity index is 2.19. The number of ether oxygens (including phenoxy) is 1. The van der Waals surface area contributed by atoms with E-state index in [2.05, 4.69) is 20.4 Å². The fraction of sp³-hybridized carbons (Fsp3) is 0.444. The van der Waals surface area contributed by atoms with Crippen molar-refractivity contribution in [2.45, 2.75) is 13.5 Å². The van der Waals surface area contributed by atoms with E-state index in [-0.39, 0.29) is 13.1 Å². The molecule has 2 amide bonds. The zero-order valence-corrected chi connectivity index (χ0v) is 10.2. The van der Waals surface area contributed by atoms with Crippen molar-refractivity contribution in [3.8, 4) is 0 Å². The number of urea groups is 1. The molecule has 1 heterocycles. The first-order chi connectivity index (χ1) is 8.11. The lowest BCUT2D eigenvalue weighted by Crippen LogP contribution is -2.38. The molecule has 0 aliphatic rings. The summed E-state index contributed by atoms with van der Waals surface area (Å²) in [4.78, 5) is 26.2. The molecule has 1 rings (SSSR count). The fourth-order valence-corrected chi connectivity index (χ4v) is 1.61. The minimum atomic E-state index is -0.471. The summed E-state index contributed by atoms with van der Waals surface area (Å²) in [7, 11) is 0. The summed E-state index contributed by atoms with van der Waals surface area (Å²) in [5.41, 5.74) is 5.43. The van der Waals surface area contributed by atoms with E-state index in [1.165, 1.54) is 11.3 Å². The zero-order valence-electron chi connectivity index (χ0n) is 9.36. The van der Waals surface area contributed by atoms with Gasteiger partial charge in [-0.15, -0.1) is 11.3 Å². The molecule has 0 saturated carbocycles. The van der Waals surface area contributed by atoms with E-state index in [1.54, 1.807) is 12.3 Å². The number of hydrogen-bond acceptors (Lipinski definition) is 6. The third-order valence-corrected chi connectivity index (χ3v) is 2.54. The first-order valence-corrected chi connectivity index (χ1v) is 5.87. The minimum Gasteiger partial charge on any atom is -0.465 e. The van der Waals surface area contributed by atoms with Crippen LogP contribution in [0.5, 0.6) is 0 Å². The molecule has 0 bridgehead atoms.